The molecule has 3 aliphatic rings. The lowest BCUT2D eigenvalue weighted by Crippen LogP contribution is -2.27. The fraction of sp³-hybridized carbons (Fsp3) is 0.189. The molecule has 0 spiro atoms. The Morgan fingerprint density at radius 1 is 0.773 bits per heavy atom. The molecule has 9 rings (SSSR count). The molecule has 0 atom stereocenters. The van der Waals surface area contributed by atoms with Crippen molar-refractivity contribution in [3.63, 3.8) is 0 Å². The zero-order chi connectivity index (χ0) is 52.1. The van der Waals surface area contributed by atoms with Crippen LogP contribution < -0.4 is 42.0 Å². The highest BCUT2D eigenvalue weighted by Crippen LogP contribution is 2.41. The summed E-state index contributed by atoms with van der Waals surface area (Å²) < 4.78 is 12.6. The summed E-state index contributed by atoms with van der Waals surface area (Å²) in [6, 6.07) is 31.6. The first-order chi connectivity index (χ1) is 36.5. The zero-order valence-corrected chi connectivity index (χ0v) is 41.2. The Balaban J connectivity index is 0.789. The fourth-order valence-corrected chi connectivity index (χ4v) is 8.86. The first-order valence-electron chi connectivity index (χ1n) is 23.9. The highest BCUT2D eigenvalue weighted by atomic mass is 32.2. The van der Waals surface area contributed by atoms with Crippen LogP contribution in [-0.4, -0.2) is 112 Å². The van der Waals surface area contributed by atoms with E-state index in [4.69, 9.17) is 9.47 Å². The molecule has 75 heavy (non-hydrogen) atoms. The molecular formula is C53H51N13O8S. The number of aliphatic imine (C=N–C) groups is 3. The number of hydrogen-bond acceptors (Lipinski definition) is 16. The lowest BCUT2D eigenvalue weighted by Gasteiger charge is -2.14. The molecule has 382 valence electrons. The van der Waals surface area contributed by atoms with Crippen LogP contribution in [0.25, 0.3) is 6.08 Å². The van der Waals surface area contributed by atoms with Gasteiger partial charge in [-0.1, -0.05) is 41.2 Å². The van der Waals surface area contributed by atoms with Crippen molar-refractivity contribution in [1.29, 1.82) is 0 Å². The number of aliphatic hydroxyl groups excluding tert-OH is 1. The number of nitrogens with one attached hydrogen (secondary N) is 7. The minimum atomic E-state index is -0.694. The normalized spacial score (nSPS) is 14.9. The van der Waals surface area contributed by atoms with E-state index in [0.717, 1.165) is 47.6 Å². The summed E-state index contributed by atoms with van der Waals surface area (Å²) in [4.78, 5) is 66.6. The van der Waals surface area contributed by atoms with Gasteiger partial charge in [0.1, 0.15) is 34.7 Å². The van der Waals surface area contributed by atoms with Crippen LogP contribution >= 0.6 is 11.8 Å². The number of aliphatic hydroxyl groups is 1. The molecule has 5 amide bonds. The highest BCUT2D eigenvalue weighted by molar-refractivity contribution is 8.18. The molecule has 0 fully saturated rings. The highest BCUT2D eigenvalue weighted by Gasteiger charge is 2.33. The van der Waals surface area contributed by atoms with E-state index >= 15 is 0 Å². The summed E-state index contributed by atoms with van der Waals surface area (Å²) >= 11 is 1.11. The van der Waals surface area contributed by atoms with Crippen molar-refractivity contribution in [3.8, 4) is 11.5 Å². The number of hydrogen-bond donors (Lipinski definition) is 9. The molecule has 0 saturated carbocycles. The number of amides is 5. The summed E-state index contributed by atoms with van der Waals surface area (Å²) in [5.41, 5.74) is 5.21. The maximum absolute atomic E-state index is 13.6. The molecule has 5 aromatic carbocycles. The van der Waals surface area contributed by atoms with E-state index in [-0.39, 0.29) is 71.1 Å². The lowest BCUT2D eigenvalue weighted by molar-refractivity contribution is -0.138. The van der Waals surface area contributed by atoms with Crippen LogP contribution in [0.4, 0.5) is 38.0 Å². The molecular weight excluding hydrogens is 979 g/mol. The second-order valence-corrected chi connectivity index (χ2v) is 17.8. The number of carbonyl (C=O) groups is 4. The third-order valence-electron chi connectivity index (χ3n) is 11.4. The summed E-state index contributed by atoms with van der Waals surface area (Å²) in [6.45, 7) is 5.35. The van der Waals surface area contributed by atoms with Crippen LogP contribution in [0.15, 0.2) is 153 Å². The van der Waals surface area contributed by atoms with Crippen molar-refractivity contribution < 1.29 is 38.9 Å². The van der Waals surface area contributed by atoms with Gasteiger partial charge in [0.25, 0.3) is 5.91 Å². The van der Waals surface area contributed by atoms with Gasteiger partial charge in [0, 0.05) is 71.7 Å². The van der Waals surface area contributed by atoms with Gasteiger partial charge < -0.3 is 56.9 Å². The summed E-state index contributed by atoms with van der Waals surface area (Å²) in [6.07, 6.45) is 3.67. The monoisotopic (exact) mass is 1030 g/mol. The third kappa shape index (κ3) is 13.4. The maximum Gasteiger partial charge on any atom is 0.344 e. The minimum absolute atomic E-state index is 0.0365. The SMILES string of the molecule is CCOC(=O)C1=C(O)/C(=C/c2ccc(OCCn3cc(CCNC(=O)c4cc(NC(=O)Nc5ccc(C6=NCCN6)cc5)cc(NC(=O)Nc5ccc(C6=NCCN6)cc5)c4)nn3)c(O)c2)SC1=Nc1ccccc1. The van der Waals surface area contributed by atoms with E-state index in [1.54, 1.807) is 72.4 Å². The van der Waals surface area contributed by atoms with Crippen molar-refractivity contribution >= 4 is 86.9 Å². The Morgan fingerprint density at radius 3 is 1.99 bits per heavy atom. The number of para-hydroxylation sites is 1. The standard InChI is InChI=1S/C53H51N13O8S/c1-2-73-51(70)45-46(68)44(75-50(45)59-36-6-4-3-5-7-36)27-32-8-17-43(42(67)26-32)74-25-24-66-31-39(64-65-66)18-19-58-49(69)35-28-40(62-52(71)60-37-13-9-33(10-14-37)47-54-20-21-55-47)30-41(29-35)63-53(72)61-38-15-11-34(12-16-38)48-56-22-23-57-48/h3-17,26-31,67-68H,2,18-25H2,1H3,(H,54,55)(H,56,57)(H,58,69)(H2,60,62,71)(H2,61,63,72)/b44-27-,59-50?. The molecule has 1 aromatic heterocycles. The van der Waals surface area contributed by atoms with Crippen LogP contribution in [-0.2, 0) is 22.5 Å². The number of carbonyl (C=O) groups excluding carboxylic acids is 4. The van der Waals surface area contributed by atoms with Crippen molar-refractivity contribution in [3.05, 3.63) is 166 Å². The summed E-state index contributed by atoms with van der Waals surface area (Å²) in [5.74, 6) is 0.228. The number of phenols is 1. The van der Waals surface area contributed by atoms with Crippen molar-refractivity contribution in [1.82, 2.24) is 30.9 Å². The molecule has 21 nitrogen and oxygen atoms in total. The predicted molar refractivity (Wildman–Crippen MR) is 288 cm³/mol. The number of urea groups is 2. The second kappa shape index (κ2) is 23.9. The number of thioether (sulfide) groups is 1. The molecule has 3 aliphatic heterocycles. The Kier molecular flexibility index (Phi) is 16.1. The quantitative estimate of drug-likeness (QED) is 0.0385. The first kappa shape index (κ1) is 50.5. The van der Waals surface area contributed by atoms with Gasteiger partial charge in [0.05, 0.1) is 42.5 Å². The van der Waals surface area contributed by atoms with E-state index in [9.17, 15) is 29.4 Å². The van der Waals surface area contributed by atoms with Gasteiger partial charge in [-0.15, -0.1) is 5.10 Å². The van der Waals surface area contributed by atoms with Crippen LogP contribution in [0, 0.1) is 0 Å². The molecule has 0 radical (unpaired) electrons. The molecule has 0 unspecified atom stereocenters. The predicted octanol–water partition coefficient (Wildman–Crippen LogP) is 7.22. The lowest BCUT2D eigenvalue weighted by atomic mass is 10.1. The number of ether oxygens (including phenoxy) is 2. The smallest absolute Gasteiger partial charge is 0.344 e. The number of nitrogens with zero attached hydrogens (tertiary/aromatic N) is 6. The third-order valence-corrected chi connectivity index (χ3v) is 12.4. The van der Waals surface area contributed by atoms with Crippen LogP contribution in [0.2, 0.25) is 0 Å². The number of amidine groups is 2. The average molecular weight is 1030 g/mol. The fourth-order valence-electron chi connectivity index (χ4n) is 7.82. The topological polar surface area (TPSA) is 279 Å². The van der Waals surface area contributed by atoms with E-state index < -0.39 is 23.9 Å². The number of rotatable bonds is 18. The number of anilines is 4. The van der Waals surface area contributed by atoms with Crippen molar-refractivity contribution in [2.45, 2.75) is 19.9 Å². The summed E-state index contributed by atoms with van der Waals surface area (Å²) in [7, 11) is 0. The van der Waals surface area contributed by atoms with Gasteiger partial charge >= 0.3 is 18.0 Å². The Hall–Kier alpha value is -9.44. The average Bonchev–Trinajstić information content (AvgIpc) is 4.26. The van der Waals surface area contributed by atoms with Crippen LogP contribution in [0.5, 0.6) is 11.5 Å². The van der Waals surface area contributed by atoms with Crippen LogP contribution in [0.3, 0.4) is 0 Å². The molecule has 9 N–H and O–H groups in total. The zero-order valence-electron chi connectivity index (χ0n) is 40.4. The van der Waals surface area contributed by atoms with E-state index in [1.807, 2.05) is 42.5 Å². The van der Waals surface area contributed by atoms with Crippen molar-refractivity contribution in [2.24, 2.45) is 15.0 Å². The van der Waals surface area contributed by atoms with Crippen LogP contribution in [0.1, 0.15) is 39.7 Å². The molecule has 6 aromatic rings. The van der Waals surface area contributed by atoms with E-state index in [1.165, 1.54) is 24.3 Å². The maximum atomic E-state index is 13.6. The number of benzene rings is 5. The van der Waals surface area contributed by atoms with Gasteiger partial charge in [0.2, 0.25) is 0 Å². The number of esters is 1. The second-order valence-electron chi connectivity index (χ2n) is 16.8. The number of aromatic nitrogens is 3. The Morgan fingerprint density at radius 2 is 1.40 bits per heavy atom. The van der Waals surface area contributed by atoms with Gasteiger partial charge in [-0.2, -0.15) is 0 Å². The van der Waals surface area contributed by atoms with Gasteiger partial charge in [-0.25, -0.2) is 24.1 Å². The molecule has 22 heteroatoms. The molecule has 0 saturated heterocycles. The molecule has 0 bridgehead atoms. The first-order valence-corrected chi connectivity index (χ1v) is 24.7. The number of phenolic OH excluding ortho intramolecular Hbond substituents is 1. The van der Waals surface area contributed by atoms with Gasteiger partial charge in [-0.05, 0) is 110 Å². The van der Waals surface area contributed by atoms with E-state index in [2.05, 4.69) is 62.5 Å². The largest absolute Gasteiger partial charge is 0.506 e. The Labute approximate surface area is 434 Å². The minimum Gasteiger partial charge on any atom is -0.506 e. The molecule has 4 heterocycles. The number of aromatic hydroxyl groups is 1. The van der Waals surface area contributed by atoms with E-state index in [0.29, 0.717) is 52.7 Å². The van der Waals surface area contributed by atoms with Crippen molar-refractivity contribution in [2.75, 3.05) is 67.2 Å². The Bertz CT molecular complexity index is 3160. The van der Waals surface area contributed by atoms with Gasteiger partial charge in [-0.3, -0.25) is 14.8 Å². The van der Waals surface area contributed by atoms with Gasteiger partial charge in [0.15, 0.2) is 11.5 Å². The summed E-state index contributed by atoms with van der Waals surface area (Å²) in [5, 5.41) is 51.1. The molecule has 0 aliphatic carbocycles.